The summed E-state index contributed by atoms with van der Waals surface area (Å²) in [5.74, 6) is -0.684. The Morgan fingerprint density at radius 1 is 1.17 bits per heavy atom. The molecule has 120 valence electrons. The van der Waals surface area contributed by atoms with E-state index in [0.29, 0.717) is 5.69 Å². The number of carbonyl (C=O) groups is 2. The van der Waals surface area contributed by atoms with E-state index in [-0.39, 0.29) is 23.8 Å². The van der Waals surface area contributed by atoms with Crippen molar-refractivity contribution in [1.29, 1.82) is 0 Å². The van der Waals surface area contributed by atoms with Gasteiger partial charge in [-0.3, -0.25) is 9.59 Å². The minimum absolute atomic E-state index is 0.234. The molecule has 0 fully saturated rings. The normalized spacial score (nSPS) is 10.2. The lowest BCUT2D eigenvalue weighted by Crippen LogP contribution is -2.22. The van der Waals surface area contributed by atoms with Crippen LogP contribution in [0.1, 0.15) is 15.9 Å². The Morgan fingerprint density at radius 3 is 2.39 bits per heavy atom. The van der Waals surface area contributed by atoms with E-state index in [9.17, 15) is 9.59 Å². The first kappa shape index (κ1) is 17.5. The van der Waals surface area contributed by atoms with Crippen molar-refractivity contribution < 1.29 is 14.3 Å². The van der Waals surface area contributed by atoms with E-state index in [1.54, 1.807) is 24.3 Å². The molecule has 23 heavy (non-hydrogen) atoms. The first-order chi connectivity index (χ1) is 10.9. The number of carbonyl (C=O) groups excluding carboxylic acids is 2. The van der Waals surface area contributed by atoms with Gasteiger partial charge in [0.15, 0.2) is 6.61 Å². The quantitative estimate of drug-likeness (QED) is 0.743. The number of nitrogens with one attached hydrogen (secondary N) is 1. The number of hydrogen-bond donors (Lipinski definition) is 2. The van der Waals surface area contributed by atoms with Gasteiger partial charge in [0.1, 0.15) is 5.75 Å². The third-order valence-electron chi connectivity index (χ3n) is 2.96. The number of para-hydroxylation sites is 1. The van der Waals surface area contributed by atoms with Crippen LogP contribution in [0.4, 0.5) is 5.69 Å². The smallest absolute Gasteiger partial charge is 0.262 e. The molecule has 0 saturated carbocycles. The van der Waals surface area contributed by atoms with Crippen LogP contribution in [-0.2, 0) is 4.79 Å². The molecule has 0 aromatic heterocycles. The number of rotatable bonds is 5. The third-order valence-corrected chi connectivity index (χ3v) is 4.21. The van der Waals surface area contributed by atoms with Crippen molar-refractivity contribution in [3.8, 4) is 5.75 Å². The Labute approximate surface area is 150 Å². The van der Waals surface area contributed by atoms with Crippen LogP contribution in [0.3, 0.4) is 0 Å². The van der Waals surface area contributed by atoms with Gasteiger partial charge in [-0.05, 0) is 68.6 Å². The van der Waals surface area contributed by atoms with Crippen molar-refractivity contribution in [2.24, 2.45) is 5.73 Å². The number of primary amides is 1. The molecule has 7 heteroatoms. The summed E-state index contributed by atoms with van der Waals surface area (Å²) >= 11 is 6.81. The summed E-state index contributed by atoms with van der Waals surface area (Å²) in [5, 5.41) is 2.75. The van der Waals surface area contributed by atoms with Crippen molar-refractivity contribution in [1.82, 2.24) is 0 Å². The second-order valence-corrected chi connectivity index (χ2v) is 6.51. The van der Waals surface area contributed by atoms with Crippen LogP contribution >= 0.6 is 31.9 Å². The monoisotopic (exact) mass is 440 g/mol. The first-order valence-electron chi connectivity index (χ1n) is 6.65. The van der Waals surface area contributed by atoms with Crippen LogP contribution in [0.25, 0.3) is 0 Å². The molecule has 0 aliphatic rings. The van der Waals surface area contributed by atoms with E-state index in [1.807, 2.05) is 19.1 Å². The minimum Gasteiger partial charge on any atom is -0.483 e. The fourth-order valence-electron chi connectivity index (χ4n) is 1.93. The van der Waals surface area contributed by atoms with Gasteiger partial charge in [-0.1, -0.05) is 12.1 Å². The van der Waals surface area contributed by atoms with E-state index in [4.69, 9.17) is 10.5 Å². The number of nitrogens with two attached hydrogens (primary N) is 1. The van der Waals surface area contributed by atoms with Crippen LogP contribution in [0.5, 0.6) is 5.75 Å². The lowest BCUT2D eigenvalue weighted by Gasteiger charge is -2.12. The molecule has 0 spiro atoms. The number of ether oxygens (including phenoxy) is 1. The second-order valence-electron chi connectivity index (χ2n) is 4.80. The summed E-state index contributed by atoms with van der Waals surface area (Å²) in [5.41, 5.74) is 7.17. The molecule has 5 nitrogen and oxygen atoms in total. The Bertz CT molecular complexity index is 740. The van der Waals surface area contributed by atoms with Gasteiger partial charge in [0.25, 0.3) is 11.8 Å². The second kappa shape index (κ2) is 7.61. The zero-order valence-corrected chi connectivity index (χ0v) is 15.4. The van der Waals surface area contributed by atoms with Gasteiger partial charge in [-0.15, -0.1) is 0 Å². The standard InChI is InChI=1S/C16H14Br2N2O3/c1-9-6-11(17)15(12(18)7-9)20-14(21)8-23-13-5-3-2-4-10(13)16(19)22/h2-7H,8H2,1H3,(H2,19,22)(H,20,21). The highest BCUT2D eigenvalue weighted by atomic mass is 79.9. The summed E-state index contributed by atoms with van der Waals surface area (Å²) in [7, 11) is 0. The molecule has 2 amide bonds. The fourth-order valence-corrected chi connectivity index (χ4v) is 3.55. The fraction of sp³-hybridized carbons (Fsp3) is 0.125. The van der Waals surface area contributed by atoms with Crippen molar-refractivity contribution in [2.75, 3.05) is 11.9 Å². The van der Waals surface area contributed by atoms with Crippen LogP contribution in [-0.4, -0.2) is 18.4 Å². The predicted octanol–water partition coefficient (Wildman–Crippen LogP) is 3.64. The van der Waals surface area contributed by atoms with Gasteiger partial charge in [-0.25, -0.2) is 0 Å². The average Bonchev–Trinajstić information content (AvgIpc) is 2.49. The highest BCUT2D eigenvalue weighted by Gasteiger charge is 2.13. The molecule has 0 radical (unpaired) electrons. The number of anilines is 1. The molecule has 0 unspecified atom stereocenters. The molecule has 0 aliphatic carbocycles. The zero-order chi connectivity index (χ0) is 17.0. The molecule has 2 rings (SSSR count). The SMILES string of the molecule is Cc1cc(Br)c(NC(=O)COc2ccccc2C(N)=O)c(Br)c1. The molecule has 0 aliphatic heterocycles. The molecule has 0 saturated heterocycles. The van der Waals surface area contributed by atoms with Crippen LogP contribution in [0, 0.1) is 6.92 Å². The van der Waals surface area contributed by atoms with Crippen LogP contribution < -0.4 is 15.8 Å². The molecule has 2 aromatic carbocycles. The van der Waals surface area contributed by atoms with Gasteiger partial charge in [-0.2, -0.15) is 0 Å². The maximum Gasteiger partial charge on any atom is 0.262 e. The number of halogens is 2. The van der Waals surface area contributed by atoms with Gasteiger partial charge >= 0.3 is 0 Å². The lowest BCUT2D eigenvalue weighted by atomic mass is 10.2. The lowest BCUT2D eigenvalue weighted by molar-refractivity contribution is -0.118. The summed E-state index contributed by atoms with van der Waals surface area (Å²) < 4.78 is 6.91. The largest absolute Gasteiger partial charge is 0.483 e. The predicted molar refractivity (Wildman–Crippen MR) is 95.7 cm³/mol. The number of hydrogen-bond acceptors (Lipinski definition) is 3. The number of aryl methyl sites for hydroxylation is 1. The zero-order valence-electron chi connectivity index (χ0n) is 12.2. The highest BCUT2D eigenvalue weighted by Crippen LogP contribution is 2.32. The highest BCUT2D eigenvalue weighted by molar-refractivity contribution is 9.11. The third kappa shape index (κ3) is 4.56. The van der Waals surface area contributed by atoms with E-state index in [0.717, 1.165) is 14.5 Å². The minimum atomic E-state index is -0.606. The summed E-state index contributed by atoms with van der Waals surface area (Å²) in [4.78, 5) is 23.4. The molecule has 0 atom stereocenters. The van der Waals surface area contributed by atoms with Crippen molar-refractivity contribution in [2.45, 2.75) is 6.92 Å². The van der Waals surface area contributed by atoms with Gasteiger partial charge < -0.3 is 15.8 Å². The van der Waals surface area contributed by atoms with Crippen LogP contribution in [0.2, 0.25) is 0 Å². The van der Waals surface area contributed by atoms with Gasteiger partial charge in [0, 0.05) is 8.95 Å². The Kier molecular flexibility index (Phi) is 5.79. The number of benzene rings is 2. The van der Waals surface area contributed by atoms with Crippen molar-refractivity contribution >= 4 is 49.4 Å². The van der Waals surface area contributed by atoms with E-state index >= 15 is 0 Å². The molecule has 3 N–H and O–H groups in total. The molecule has 2 aromatic rings. The Hall–Kier alpha value is -1.86. The maximum absolute atomic E-state index is 12.1. The van der Waals surface area contributed by atoms with Crippen molar-refractivity contribution in [3.63, 3.8) is 0 Å². The van der Waals surface area contributed by atoms with E-state index < -0.39 is 5.91 Å². The van der Waals surface area contributed by atoms with E-state index in [2.05, 4.69) is 37.2 Å². The topological polar surface area (TPSA) is 81.4 Å². The average molecular weight is 442 g/mol. The van der Waals surface area contributed by atoms with Gasteiger partial charge in [0.05, 0.1) is 11.3 Å². The molecule has 0 heterocycles. The molecular weight excluding hydrogens is 428 g/mol. The Balaban J connectivity index is 2.06. The summed E-state index contributed by atoms with van der Waals surface area (Å²) in [6.07, 6.45) is 0. The van der Waals surface area contributed by atoms with Gasteiger partial charge in [0.2, 0.25) is 0 Å². The number of amides is 2. The molecule has 0 bridgehead atoms. The van der Waals surface area contributed by atoms with Crippen LogP contribution in [0.15, 0.2) is 45.3 Å². The molecular formula is C16H14Br2N2O3. The summed E-state index contributed by atoms with van der Waals surface area (Å²) in [6, 6.07) is 10.3. The first-order valence-corrected chi connectivity index (χ1v) is 8.24. The van der Waals surface area contributed by atoms with Crippen molar-refractivity contribution in [3.05, 3.63) is 56.5 Å². The van der Waals surface area contributed by atoms with E-state index in [1.165, 1.54) is 0 Å². The maximum atomic E-state index is 12.1. The Morgan fingerprint density at radius 2 is 1.78 bits per heavy atom. The summed E-state index contributed by atoms with van der Waals surface area (Å²) in [6.45, 7) is 1.71.